The molecule has 0 aliphatic rings. The van der Waals surface area contributed by atoms with E-state index in [4.69, 9.17) is 17.3 Å². The van der Waals surface area contributed by atoms with Crippen molar-refractivity contribution in [2.75, 3.05) is 11.9 Å². The maximum atomic E-state index is 5.91. The Bertz CT molecular complexity index is 498. The fourth-order valence-corrected chi connectivity index (χ4v) is 2.69. The topological polar surface area (TPSA) is 42.1 Å². The largest absolute Gasteiger partial charge is 0.355 e. The van der Waals surface area contributed by atoms with Gasteiger partial charge in [-0.05, 0) is 24.3 Å². The summed E-state index contributed by atoms with van der Waals surface area (Å²) in [6.07, 6.45) is 0. The second-order valence-electron chi connectivity index (χ2n) is 3.75. The Kier molecular flexibility index (Phi) is 3.99. The van der Waals surface area contributed by atoms with E-state index in [0.29, 0.717) is 6.54 Å². The van der Waals surface area contributed by atoms with Gasteiger partial charge >= 0.3 is 0 Å². The Labute approximate surface area is 110 Å². The number of hydrogen-bond acceptors (Lipinski definition) is 4. The summed E-state index contributed by atoms with van der Waals surface area (Å²) in [6.45, 7) is 1.27. The molecule has 2 rings (SSSR count). The lowest BCUT2D eigenvalue weighted by atomic mass is 10.3. The molecular weight excluding hydrogens is 254 g/mol. The molecule has 0 radical (unpaired) electrons. The zero-order valence-electron chi connectivity index (χ0n) is 9.56. The average molecular weight is 268 g/mol. The van der Waals surface area contributed by atoms with Crippen LogP contribution in [0.2, 0.25) is 4.34 Å². The number of anilines is 1. The van der Waals surface area contributed by atoms with E-state index in [0.717, 1.165) is 22.4 Å². The number of rotatable bonds is 4. The highest BCUT2D eigenvalue weighted by molar-refractivity contribution is 7.16. The van der Waals surface area contributed by atoms with E-state index in [1.807, 2.05) is 37.4 Å². The number of nitrogens with two attached hydrogens (primary N) is 1. The molecule has 0 atom stereocenters. The van der Waals surface area contributed by atoms with Crippen LogP contribution < -0.4 is 10.6 Å². The Morgan fingerprint density at radius 1 is 1.35 bits per heavy atom. The first-order chi connectivity index (χ1) is 8.19. The molecule has 2 N–H and O–H groups in total. The zero-order chi connectivity index (χ0) is 12.3. The Balaban J connectivity index is 2.11. The van der Waals surface area contributed by atoms with Crippen LogP contribution in [0.4, 0.5) is 5.82 Å². The van der Waals surface area contributed by atoms with Gasteiger partial charge in [0.05, 0.1) is 16.6 Å². The number of nitrogens with zero attached hydrogens (tertiary/aromatic N) is 2. The smallest absolute Gasteiger partial charge is 0.128 e. The highest BCUT2D eigenvalue weighted by Gasteiger charge is 2.06. The third-order valence-electron chi connectivity index (χ3n) is 2.41. The first kappa shape index (κ1) is 12.4. The summed E-state index contributed by atoms with van der Waals surface area (Å²) in [5, 5.41) is 0. The molecule has 0 spiro atoms. The van der Waals surface area contributed by atoms with E-state index in [2.05, 4.69) is 9.88 Å². The Hall–Kier alpha value is -1.10. The molecule has 0 aromatic carbocycles. The summed E-state index contributed by atoms with van der Waals surface area (Å²) in [5.41, 5.74) is 6.48. The van der Waals surface area contributed by atoms with Gasteiger partial charge in [0.2, 0.25) is 0 Å². The van der Waals surface area contributed by atoms with Crippen molar-refractivity contribution >= 4 is 28.8 Å². The molecule has 90 valence electrons. The van der Waals surface area contributed by atoms with Crippen LogP contribution in [-0.2, 0) is 13.1 Å². The van der Waals surface area contributed by atoms with Gasteiger partial charge in [0.1, 0.15) is 5.82 Å². The van der Waals surface area contributed by atoms with Gasteiger partial charge in [0.15, 0.2) is 0 Å². The Morgan fingerprint density at radius 3 is 2.82 bits per heavy atom. The van der Waals surface area contributed by atoms with Crippen LogP contribution in [0.1, 0.15) is 10.6 Å². The van der Waals surface area contributed by atoms with Gasteiger partial charge in [0.25, 0.3) is 0 Å². The van der Waals surface area contributed by atoms with E-state index < -0.39 is 0 Å². The van der Waals surface area contributed by atoms with Crippen molar-refractivity contribution in [2.24, 2.45) is 5.73 Å². The van der Waals surface area contributed by atoms with Crippen LogP contribution in [0, 0.1) is 0 Å². The van der Waals surface area contributed by atoms with Crippen molar-refractivity contribution in [3.05, 3.63) is 45.2 Å². The molecular formula is C12H14ClN3S. The van der Waals surface area contributed by atoms with E-state index in [1.165, 1.54) is 4.88 Å². The molecule has 0 aliphatic heterocycles. The summed E-state index contributed by atoms with van der Waals surface area (Å²) >= 11 is 7.50. The highest BCUT2D eigenvalue weighted by Crippen LogP contribution is 2.23. The van der Waals surface area contributed by atoms with Crippen LogP contribution in [0.15, 0.2) is 30.3 Å². The number of pyridine rings is 1. The Morgan fingerprint density at radius 2 is 2.18 bits per heavy atom. The van der Waals surface area contributed by atoms with E-state index in [9.17, 15) is 0 Å². The fourth-order valence-electron chi connectivity index (χ4n) is 1.54. The van der Waals surface area contributed by atoms with Crippen LogP contribution >= 0.6 is 22.9 Å². The summed E-state index contributed by atoms with van der Waals surface area (Å²) in [4.78, 5) is 7.77. The minimum atomic E-state index is 0.465. The van der Waals surface area contributed by atoms with E-state index in [-0.39, 0.29) is 0 Å². The molecule has 2 aromatic heterocycles. The van der Waals surface area contributed by atoms with Gasteiger partial charge in [-0.25, -0.2) is 4.98 Å². The van der Waals surface area contributed by atoms with Gasteiger partial charge in [-0.15, -0.1) is 11.3 Å². The van der Waals surface area contributed by atoms with Crippen LogP contribution in [0.3, 0.4) is 0 Å². The summed E-state index contributed by atoms with van der Waals surface area (Å²) in [7, 11) is 2.01. The number of thiophene rings is 1. The molecule has 0 amide bonds. The standard InChI is InChI=1S/C12H14ClN3S/c1-16(8-10-5-6-11(13)17-10)12-4-2-3-9(7-14)15-12/h2-6H,7-8,14H2,1H3. The predicted octanol–water partition coefficient (Wildman–Crippen LogP) is 2.89. The lowest BCUT2D eigenvalue weighted by Crippen LogP contribution is -2.17. The van der Waals surface area contributed by atoms with Crippen molar-refractivity contribution in [3.63, 3.8) is 0 Å². The van der Waals surface area contributed by atoms with Crippen molar-refractivity contribution in [3.8, 4) is 0 Å². The third-order valence-corrected chi connectivity index (χ3v) is 3.63. The first-order valence-corrected chi connectivity index (χ1v) is 6.50. The normalized spacial score (nSPS) is 10.5. The van der Waals surface area contributed by atoms with E-state index in [1.54, 1.807) is 11.3 Å². The maximum Gasteiger partial charge on any atom is 0.128 e. The second-order valence-corrected chi connectivity index (χ2v) is 5.55. The molecule has 0 aliphatic carbocycles. The molecule has 0 saturated heterocycles. The van der Waals surface area contributed by atoms with Gasteiger partial charge < -0.3 is 10.6 Å². The quantitative estimate of drug-likeness (QED) is 0.926. The molecule has 2 aromatic rings. The van der Waals surface area contributed by atoms with Crippen LogP contribution in [0.5, 0.6) is 0 Å². The molecule has 17 heavy (non-hydrogen) atoms. The minimum Gasteiger partial charge on any atom is -0.355 e. The van der Waals surface area contributed by atoms with Crippen molar-refractivity contribution < 1.29 is 0 Å². The molecule has 0 saturated carbocycles. The second kappa shape index (κ2) is 5.49. The molecule has 0 unspecified atom stereocenters. The molecule has 2 heterocycles. The molecule has 5 heteroatoms. The highest BCUT2D eigenvalue weighted by atomic mass is 35.5. The molecule has 3 nitrogen and oxygen atoms in total. The monoisotopic (exact) mass is 267 g/mol. The lowest BCUT2D eigenvalue weighted by Gasteiger charge is -2.17. The maximum absolute atomic E-state index is 5.91. The van der Waals surface area contributed by atoms with Crippen molar-refractivity contribution in [2.45, 2.75) is 13.1 Å². The van der Waals surface area contributed by atoms with Crippen molar-refractivity contribution in [1.29, 1.82) is 0 Å². The molecule has 0 fully saturated rings. The summed E-state index contributed by atoms with van der Waals surface area (Å²) in [6, 6.07) is 9.84. The summed E-state index contributed by atoms with van der Waals surface area (Å²) in [5.74, 6) is 0.928. The predicted molar refractivity (Wildman–Crippen MR) is 73.6 cm³/mol. The minimum absolute atomic E-state index is 0.465. The van der Waals surface area contributed by atoms with Gasteiger partial charge in [0, 0.05) is 18.5 Å². The van der Waals surface area contributed by atoms with Crippen LogP contribution in [-0.4, -0.2) is 12.0 Å². The van der Waals surface area contributed by atoms with Gasteiger partial charge in [-0.2, -0.15) is 0 Å². The summed E-state index contributed by atoms with van der Waals surface area (Å²) < 4.78 is 0.817. The molecule has 0 bridgehead atoms. The fraction of sp³-hybridized carbons (Fsp3) is 0.250. The zero-order valence-corrected chi connectivity index (χ0v) is 11.1. The number of hydrogen-bond donors (Lipinski definition) is 1. The van der Waals surface area contributed by atoms with Crippen LogP contribution in [0.25, 0.3) is 0 Å². The SMILES string of the molecule is CN(Cc1ccc(Cl)s1)c1cccc(CN)n1. The van der Waals surface area contributed by atoms with Gasteiger partial charge in [-0.3, -0.25) is 0 Å². The third kappa shape index (κ3) is 3.19. The van der Waals surface area contributed by atoms with Crippen molar-refractivity contribution in [1.82, 2.24) is 4.98 Å². The number of halogens is 1. The lowest BCUT2D eigenvalue weighted by molar-refractivity contribution is 0.889. The first-order valence-electron chi connectivity index (χ1n) is 5.30. The number of aromatic nitrogens is 1. The average Bonchev–Trinajstić information content (AvgIpc) is 2.75. The van der Waals surface area contributed by atoms with Gasteiger partial charge in [-0.1, -0.05) is 17.7 Å². The van der Waals surface area contributed by atoms with E-state index >= 15 is 0 Å².